The van der Waals surface area contributed by atoms with Crippen LogP contribution in [0, 0.1) is 5.92 Å². The normalized spacial score (nSPS) is 32.6. The average Bonchev–Trinajstić information content (AvgIpc) is 2.18. The van der Waals surface area contributed by atoms with Crippen LogP contribution in [0.5, 0.6) is 0 Å². The molecule has 2 rings (SSSR count). The fourth-order valence-electron chi connectivity index (χ4n) is 2.10. The van der Waals surface area contributed by atoms with Crippen molar-refractivity contribution in [1.82, 2.24) is 4.90 Å². The van der Waals surface area contributed by atoms with Gasteiger partial charge < -0.3 is 14.7 Å². The van der Waals surface area contributed by atoms with Crippen molar-refractivity contribution < 1.29 is 19.4 Å². The zero-order valence-electron chi connectivity index (χ0n) is 7.81. The van der Waals surface area contributed by atoms with E-state index in [9.17, 15) is 9.59 Å². The lowest BCUT2D eigenvalue weighted by Gasteiger charge is -2.40. The lowest BCUT2D eigenvalue weighted by atomic mass is 9.91. The molecule has 0 aromatic rings. The van der Waals surface area contributed by atoms with Gasteiger partial charge in [0.25, 0.3) is 0 Å². The van der Waals surface area contributed by atoms with Crippen LogP contribution in [0.25, 0.3) is 0 Å². The molecule has 0 bridgehead atoms. The van der Waals surface area contributed by atoms with E-state index in [1.54, 1.807) is 4.90 Å². The predicted octanol–water partition coefficient (Wildman–Crippen LogP) is -0.292. The van der Waals surface area contributed by atoms with E-state index in [2.05, 4.69) is 0 Å². The highest BCUT2D eigenvalue weighted by Crippen LogP contribution is 2.25. The monoisotopic (exact) mass is 199 g/mol. The van der Waals surface area contributed by atoms with Crippen molar-refractivity contribution in [3.8, 4) is 0 Å². The first kappa shape index (κ1) is 9.45. The number of nitrogens with zero attached hydrogens (tertiary/aromatic N) is 1. The number of carboxylic acid groups (broad SMARTS) is 1. The summed E-state index contributed by atoms with van der Waals surface area (Å²) in [6.45, 7) is 1.61. The quantitative estimate of drug-likeness (QED) is 0.589. The lowest BCUT2D eigenvalue weighted by molar-refractivity contribution is -0.160. The minimum Gasteiger partial charge on any atom is -0.481 e. The van der Waals surface area contributed by atoms with E-state index in [1.165, 1.54) is 0 Å². The molecule has 2 heterocycles. The second-order valence-electron chi connectivity index (χ2n) is 3.73. The first-order valence-corrected chi connectivity index (χ1v) is 4.81. The van der Waals surface area contributed by atoms with Gasteiger partial charge in [0, 0.05) is 6.54 Å². The van der Waals surface area contributed by atoms with Crippen molar-refractivity contribution in [3.05, 3.63) is 0 Å². The molecular weight excluding hydrogens is 186 g/mol. The number of morpholine rings is 1. The molecule has 2 fully saturated rings. The van der Waals surface area contributed by atoms with E-state index >= 15 is 0 Å². The van der Waals surface area contributed by atoms with Crippen LogP contribution < -0.4 is 0 Å². The standard InChI is InChI=1S/C9H13NO4/c11-8-7(9(12)13)2-1-6-5-14-4-3-10(6)8/h6-7H,1-5H2,(H,12,13). The van der Waals surface area contributed by atoms with Crippen LogP contribution in [-0.4, -0.2) is 47.7 Å². The fourth-order valence-corrected chi connectivity index (χ4v) is 2.10. The number of fused-ring (bicyclic) bond motifs is 1. The Kier molecular flexibility index (Phi) is 2.41. The third-order valence-electron chi connectivity index (χ3n) is 2.90. The van der Waals surface area contributed by atoms with E-state index < -0.39 is 11.9 Å². The molecule has 1 amide bonds. The maximum atomic E-state index is 11.7. The molecule has 14 heavy (non-hydrogen) atoms. The summed E-state index contributed by atoms with van der Waals surface area (Å²) in [5, 5.41) is 8.82. The summed E-state index contributed by atoms with van der Waals surface area (Å²) in [6.07, 6.45) is 1.18. The topological polar surface area (TPSA) is 66.8 Å². The summed E-state index contributed by atoms with van der Waals surface area (Å²) in [6, 6.07) is 0.104. The van der Waals surface area contributed by atoms with Gasteiger partial charge in [-0.2, -0.15) is 0 Å². The van der Waals surface area contributed by atoms with E-state index in [0.717, 1.165) is 6.42 Å². The van der Waals surface area contributed by atoms with Crippen molar-refractivity contribution in [2.75, 3.05) is 19.8 Å². The van der Waals surface area contributed by atoms with Crippen molar-refractivity contribution in [2.24, 2.45) is 5.92 Å². The Morgan fingerprint density at radius 2 is 2.29 bits per heavy atom. The van der Waals surface area contributed by atoms with E-state index in [1.807, 2.05) is 0 Å². The molecule has 1 N–H and O–H groups in total. The Labute approximate surface area is 81.6 Å². The molecule has 78 valence electrons. The van der Waals surface area contributed by atoms with Gasteiger partial charge >= 0.3 is 5.97 Å². The highest BCUT2D eigenvalue weighted by molar-refractivity contribution is 5.97. The Morgan fingerprint density at radius 3 is 3.00 bits per heavy atom. The summed E-state index contributed by atoms with van der Waals surface area (Å²) in [4.78, 5) is 24.1. The minimum absolute atomic E-state index is 0.104. The summed E-state index contributed by atoms with van der Waals surface area (Å²) < 4.78 is 5.24. The first-order chi connectivity index (χ1) is 6.70. The summed E-state index contributed by atoms with van der Waals surface area (Å²) in [5.41, 5.74) is 0. The molecule has 5 heteroatoms. The first-order valence-electron chi connectivity index (χ1n) is 4.81. The van der Waals surface area contributed by atoms with Crippen LogP contribution in [0.4, 0.5) is 0 Å². The third-order valence-corrected chi connectivity index (χ3v) is 2.90. The van der Waals surface area contributed by atoms with Gasteiger partial charge in [0.05, 0.1) is 19.3 Å². The van der Waals surface area contributed by atoms with Gasteiger partial charge in [-0.3, -0.25) is 9.59 Å². The van der Waals surface area contributed by atoms with E-state index in [0.29, 0.717) is 26.2 Å². The maximum absolute atomic E-state index is 11.7. The van der Waals surface area contributed by atoms with Gasteiger partial charge in [-0.05, 0) is 12.8 Å². The number of carbonyl (C=O) groups is 2. The van der Waals surface area contributed by atoms with E-state index in [4.69, 9.17) is 9.84 Å². The van der Waals surface area contributed by atoms with Gasteiger partial charge in [-0.15, -0.1) is 0 Å². The molecule has 0 spiro atoms. The summed E-state index contributed by atoms with van der Waals surface area (Å²) in [5.74, 6) is -2.07. The fraction of sp³-hybridized carbons (Fsp3) is 0.778. The average molecular weight is 199 g/mol. The van der Waals surface area contributed by atoms with Gasteiger partial charge in [0.2, 0.25) is 5.91 Å². The number of amides is 1. The van der Waals surface area contributed by atoms with Crippen LogP contribution in [0.2, 0.25) is 0 Å². The number of aliphatic carboxylic acids is 1. The zero-order valence-corrected chi connectivity index (χ0v) is 7.81. The molecular formula is C9H13NO4. The second-order valence-corrected chi connectivity index (χ2v) is 3.73. The third kappa shape index (κ3) is 1.48. The molecule has 2 unspecified atom stereocenters. The van der Waals surface area contributed by atoms with Crippen LogP contribution in [0.3, 0.4) is 0 Å². The molecule has 0 aromatic heterocycles. The molecule has 0 radical (unpaired) electrons. The van der Waals surface area contributed by atoms with Crippen molar-refractivity contribution in [3.63, 3.8) is 0 Å². The Bertz CT molecular complexity index is 266. The molecule has 0 saturated carbocycles. The lowest BCUT2D eigenvalue weighted by Crippen LogP contribution is -2.55. The Morgan fingerprint density at radius 1 is 1.50 bits per heavy atom. The molecule has 0 aromatic carbocycles. The smallest absolute Gasteiger partial charge is 0.316 e. The number of carboxylic acids is 1. The van der Waals surface area contributed by atoms with Crippen molar-refractivity contribution >= 4 is 11.9 Å². The predicted molar refractivity (Wildman–Crippen MR) is 46.7 cm³/mol. The Hall–Kier alpha value is -1.10. The van der Waals surface area contributed by atoms with Crippen LogP contribution in [-0.2, 0) is 14.3 Å². The highest BCUT2D eigenvalue weighted by atomic mass is 16.5. The number of ether oxygens (including phenoxy) is 1. The van der Waals surface area contributed by atoms with Gasteiger partial charge in [0.15, 0.2) is 0 Å². The van der Waals surface area contributed by atoms with Gasteiger partial charge in [0.1, 0.15) is 5.92 Å². The number of piperidine rings is 1. The zero-order chi connectivity index (χ0) is 10.1. The SMILES string of the molecule is O=C(O)C1CCC2COCCN2C1=O. The molecule has 2 atom stereocenters. The maximum Gasteiger partial charge on any atom is 0.316 e. The number of hydrogen-bond donors (Lipinski definition) is 1. The molecule has 2 aliphatic rings. The number of rotatable bonds is 1. The highest BCUT2D eigenvalue weighted by Gasteiger charge is 2.40. The minimum atomic E-state index is -1.00. The second kappa shape index (κ2) is 3.57. The van der Waals surface area contributed by atoms with Gasteiger partial charge in [-0.25, -0.2) is 0 Å². The molecule has 5 nitrogen and oxygen atoms in total. The van der Waals surface area contributed by atoms with Gasteiger partial charge in [-0.1, -0.05) is 0 Å². The van der Waals surface area contributed by atoms with Crippen LogP contribution >= 0.6 is 0 Å². The van der Waals surface area contributed by atoms with Crippen molar-refractivity contribution in [2.45, 2.75) is 18.9 Å². The van der Waals surface area contributed by atoms with E-state index in [-0.39, 0.29) is 11.9 Å². The summed E-state index contributed by atoms with van der Waals surface area (Å²) >= 11 is 0. The summed E-state index contributed by atoms with van der Waals surface area (Å²) in [7, 11) is 0. The number of carbonyl (C=O) groups excluding carboxylic acids is 1. The number of hydrogen-bond acceptors (Lipinski definition) is 3. The largest absolute Gasteiger partial charge is 0.481 e. The van der Waals surface area contributed by atoms with Crippen LogP contribution in [0.15, 0.2) is 0 Å². The molecule has 2 saturated heterocycles. The van der Waals surface area contributed by atoms with Crippen LogP contribution in [0.1, 0.15) is 12.8 Å². The Balaban J connectivity index is 2.10. The van der Waals surface area contributed by atoms with Crippen molar-refractivity contribution in [1.29, 1.82) is 0 Å². The molecule has 2 aliphatic heterocycles. The molecule has 0 aliphatic carbocycles.